The number of alkyl halides is 3. The van der Waals surface area contributed by atoms with Gasteiger partial charge in [0.05, 0.1) is 17.1 Å². The Morgan fingerprint density at radius 1 is 1.39 bits per heavy atom. The number of carbonyl (C=O) groups is 1. The first-order valence-electron chi connectivity index (χ1n) is 6.56. The van der Waals surface area contributed by atoms with E-state index < -0.39 is 18.0 Å². The molecule has 0 aliphatic rings. The summed E-state index contributed by atoms with van der Waals surface area (Å²) in [7, 11) is 0. The van der Waals surface area contributed by atoms with Gasteiger partial charge in [0.25, 0.3) is 5.91 Å². The van der Waals surface area contributed by atoms with E-state index in [0.29, 0.717) is 17.1 Å². The van der Waals surface area contributed by atoms with Gasteiger partial charge in [0.2, 0.25) is 0 Å². The Bertz CT molecular complexity index is 731. The molecule has 0 atom stereocenters. The summed E-state index contributed by atoms with van der Waals surface area (Å²) in [5, 5.41) is 9.36. The minimum Gasteiger partial charge on any atom is -0.406 e. The van der Waals surface area contributed by atoms with Crippen LogP contribution in [0.15, 0.2) is 24.8 Å². The highest BCUT2D eigenvalue weighted by Gasteiger charge is 2.31. The summed E-state index contributed by atoms with van der Waals surface area (Å²) in [6.07, 6.45) is -3.51. The van der Waals surface area contributed by atoms with E-state index in [1.165, 1.54) is 12.1 Å². The molecule has 23 heavy (non-hydrogen) atoms. The molecule has 0 fully saturated rings. The van der Waals surface area contributed by atoms with E-state index >= 15 is 0 Å². The molecule has 0 bridgehead atoms. The maximum Gasteiger partial charge on any atom is 0.573 e. The fraction of sp³-hybridized carbons (Fsp3) is 0.200. The van der Waals surface area contributed by atoms with Crippen LogP contribution in [-0.4, -0.2) is 22.5 Å². The molecule has 0 saturated carbocycles. The molecule has 0 unspecified atom stereocenters. The molecule has 8 heteroatoms. The number of amides is 1. The smallest absolute Gasteiger partial charge is 0.406 e. The largest absolute Gasteiger partial charge is 0.573 e. The quantitative estimate of drug-likeness (QED) is 0.898. The van der Waals surface area contributed by atoms with Crippen molar-refractivity contribution in [3.63, 3.8) is 0 Å². The third kappa shape index (κ3) is 3.91. The normalized spacial score (nSPS) is 11.2. The van der Waals surface area contributed by atoms with E-state index in [2.05, 4.69) is 26.8 Å². The Hall–Kier alpha value is -2.77. The average molecular weight is 325 g/mol. The first-order chi connectivity index (χ1) is 10.7. The number of aryl methyl sites for hydroxylation is 2. The first-order valence-corrected chi connectivity index (χ1v) is 6.56. The summed E-state index contributed by atoms with van der Waals surface area (Å²) in [6.45, 7) is 6.96. The maximum absolute atomic E-state index is 12.3. The van der Waals surface area contributed by atoms with Gasteiger partial charge in [0.15, 0.2) is 0 Å². The van der Waals surface area contributed by atoms with Crippen LogP contribution in [0, 0.1) is 13.8 Å². The molecular formula is C15H14F3N3O2. The summed E-state index contributed by atoms with van der Waals surface area (Å²) in [5.41, 5.74) is 2.21. The lowest BCUT2D eigenvalue weighted by molar-refractivity contribution is -0.274. The van der Waals surface area contributed by atoms with Gasteiger partial charge >= 0.3 is 6.36 Å². The summed E-state index contributed by atoms with van der Waals surface area (Å²) in [6, 6.07) is 3.42. The number of nitrogens with zero attached hydrogens (tertiary/aromatic N) is 1. The Morgan fingerprint density at radius 3 is 2.61 bits per heavy atom. The molecular weight excluding hydrogens is 311 g/mol. The number of benzene rings is 1. The summed E-state index contributed by atoms with van der Waals surface area (Å²) in [4.78, 5) is 12.3. The number of hydrogen-bond donors (Lipinski definition) is 2. The number of aromatic amines is 1. The van der Waals surface area contributed by atoms with E-state index in [9.17, 15) is 18.0 Å². The third-order valence-electron chi connectivity index (χ3n) is 3.09. The molecule has 122 valence electrons. The molecule has 0 aliphatic carbocycles. The van der Waals surface area contributed by atoms with E-state index in [0.717, 1.165) is 12.1 Å². The Kier molecular flexibility index (Phi) is 4.44. The topological polar surface area (TPSA) is 67.0 Å². The van der Waals surface area contributed by atoms with Crippen molar-refractivity contribution in [3.05, 3.63) is 47.3 Å². The van der Waals surface area contributed by atoms with E-state index in [1.807, 2.05) is 0 Å². The molecule has 1 amide bonds. The van der Waals surface area contributed by atoms with Gasteiger partial charge in [-0.3, -0.25) is 9.89 Å². The van der Waals surface area contributed by atoms with Gasteiger partial charge in [-0.2, -0.15) is 5.10 Å². The molecule has 2 aromatic rings. The van der Waals surface area contributed by atoms with Crippen molar-refractivity contribution < 1.29 is 22.7 Å². The van der Waals surface area contributed by atoms with E-state index in [1.54, 1.807) is 13.8 Å². The number of H-pyrrole nitrogens is 1. The van der Waals surface area contributed by atoms with Crippen LogP contribution in [0.25, 0.3) is 6.08 Å². The second-order valence-electron chi connectivity index (χ2n) is 4.76. The fourth-order valence-corrected chi connectivity index (χ4v) is 2.03. The highest BCUT2D eigenvalue weighted by Crippen LogP contribution is 2.26. The predicted molar refractivity (Wildman–Crippen MR) is 79.2 cm³/mol. The SMILES string of the molecule is C=Cc1cc(OC(F)(F)F)ccc1C(=O)Nc1c(C)n[nH]c1C. The highest BCUT2D eigenvalue weighted by atomic mass is 19.4. The molecule has 1 heterocycles. The molecule has 1 aromatic carbocycles. The maximum atomic E-state index is 12.3. The Balaban J connectivity index is 2.28. The number of halogens is 3. The van der Waals surface area contributed by atoms with Gasteiger partial charge in [-0.15, -0.1) is 13.2 Å². The average Bonchev–Trinajstić information content (AvgIpc) is 2.77. The number of rotatable bonds is 4. The summed E-state index contributed by atoms with van der Waals surface area (Å²) < 4.78 is 40.5. The number of anilines is 1. The lowest BCUT2D eigenvalue weighted by Gasteiger charge is -2.12. The second kappa shape index (κ2) is 6.15. The number of carbonyl (C=O) groups excluding carboxylic acids is 1. The number of nitrogens with one attached hydrogen (secondary N) is 2. The second-order valence-corrected chi connectivity index (χ2v) is 4.76. The van der Waals surface area contributed by atoms with Gasteiger partial charge in [-0.05, 0) is 37.6 Å². The summed E-state index contributed by atoms with van der Waals surface area (Å²) in [5.74, 6) is -0.898. The van der Waals surface area contributed by atoms with Crippen molar-refractivity contribution in [1.29, 1.82) is 0 Å². The minimum atomic E-state index is -4.80. The third-order valence-corrected chi connectivity index (χ3v) is 3.09. The molecule has 5 nitrogen and oxygen atoms in total. The fourth-order valence-electron chi connectivity index (χ4n) is 2.03. The standard InChI is InChI=1S/C15H14F3N3O2/c1-4-10-7-11(23-15(16,17)18)5-6-12(10)14(22)19-13-8(2)20-21-9(13)3/h4-7H,1H2,2-3H3,(H,19,22)(H,20,21). The zero-order valence-electron chi connectivity index (χ0n) is 12.4. The van der Waals surface area contributed by atoms with Crippen LogP contribution in [0.5, 0.6) is 5.75 Å². The Labute approximate surface area is 130 Å². The molecule has 2 N–H and O–H groups in total. The van der Waals surface area contributed by atoms with E-state index in [4.69, 9.17) is 0 Å². The van der Waals surface area contributed by atoms with Crippen molar-refractivity contribution in [2.75, 3.05) is 5.32 Å². The van der Waals surface area contributed by atoms with Gasteiger partial charge in [0.1, 0.15) is 5.75 Å². The minimum absolute atomic E-state index is 0.175. The first kappa shape index (κ1) is 16.6. The van der Waals surface area contributed by atoms with Gasteiger partial charge in [0, 0.05) is 5.56 Å². The van der Waals surface area contributed by atoms with Crippen LogP contribution in [0.2, 0.25) is 0 Å². The van der Waals surface area contributed by atoms with Crippen LogP contribution < -0.4 is 10.1 Å². The lowest BCUT2D eigenvalue weighted by Crippen LogP contribution is -2.18. The predicted octanol–water partition coefficient (Wildman–Crippen LogP) is 3.82. The van der Waals surface area contributed by atoms with Crippen LogP contribution in [0.3, 0.4) is 0 Å². The van der Waals surface area contributed by atoms with Gasteiger partial charge < -0.3 is 10.1 Å². The number of ether oxygens (including phenoxy) is 1. The highest BCUT2D eigenvalue weighted by molar-refractivity contribution is 6.07. The van der Waals surface area contributed by atoms with Crippen molar-refractivity contribution in [3.8, 4) is 5.75 Å². The molecule has 0 radical (unpaired) electrons. The van der Waals surface area contributed by atoms with Crippen molar-refractivity contribution in [2.45, 2.75) is 20.2 Å². The number of hydrogen-bond acceptors (Lipinski definition) is 3. The lowest BCUT2D eigenvalue weighted by atomic mass is 10.1. The molecule has 0 saturated heterocycles. The van der Waals surface area contributed by atoms with Gasteiger partial charge in [-0.25, -0.2) is 0 Å². The van der Waals surface area contributed by atoms with Gasteiger partial charge in [-0.1, -0.05) is 12.7 Å². The van der Waals surface area contributed by atoms with Crippen LogP contribution in [0.1, 0.15) is 27.3 Å². The number of aromatic nitrogens is 2. The molecule has 2 rings (SSSR count). The van der Waals surface area contributed by atoms with Crippen molar-refractivity contribution >= 4 is 17.7 Å². The van der Waals surface area contributed by atoms with Crippen molar-refractivity contribution in [1.82, 2.24) is 10.2 Å². The van der Waals surface area contributed by atoms with Crippen LogP contribution in [0.4, 0.5) is 18.9 Å². The van der Waals surface area contributed by atoms with E-state index in [-0.39, 0.29) is 11.1 Å². The zero-order chi connectivity index (χ0) is 17.2. The van der Waals surface area contributed by atoms with Crippen molar-refractivity contribution in [2.24, 2.45) is 0 Å². The molecule has 0 aliphatic heterocycles. The molecule has 0 spiro atoms. The van der Waals surface area contributed by atoms with Crippen LogP contribution in [-0.2, 0) is 0 Å². The Morgan fingerprint density at radius 2 is 2.09 bits per heavy atom. The molecule has 1 aromatic heterocycles. The zero-order valence-corrected chi connectivity index (χ0v) is 12.4. The monoisotopic (exact) mass is 325 g/mol. The summed E-state index contributed by atoms with van der Waals surface area (Å²) >= 11 is 0. The van der Waals surface area contributed by atoms with Crippen LogP contribution >= 0.6 is 0 Å².